The largest absolute Gasteiger partial charge is 0.383 e. The molecule has 0 fully saturated rings. The molecule has 32 heavy (non-hydrogen) atoms. The minimum absolute atomic E-state index is 0.450. The number of benzene rings is 2. The Bertz CT molecular complexity index is 1370. The first-order valence-corrected chi connectivity index (χ1v) is 10.7. The molecule has 0 atom stereocenters. The molecule has 0 bridgehead atoms. The lowest BCUT2D eigenvalue weighted by Gasteiger charge is -2.08. The molecule has 2 aromatic carbocycles. The smallest absolute Gasteiger partial charge is 0.161 e. The molecule has 8 nitrogen and oxygen atoms in total. The minimum Gasteiger partial charge on any atom is -0.383 e. The van der Waals surface area contributed by atoms with Gasteiger partial charge in [-0.05, 0) is 44.8 Å². The van der Waals surface area contributed by atoms with E-state index < -0.39 is 0 Å². The van der Waals surface area contributed by atoms with Crippen LogP contribution >= 0.6 is 0 Å². The number of rotatable bonds is 7. The lowest BCUT2D eigenvalue weighted by atomic mass is 10.1. The standard InChI is InChI=1S/C24H26N8/c1-32(2)12-6-9-19-28-23(25)21-22(30-31-24(21)29-19)16-10-11-17-18(14-16)27-20(26-17)13-15-7-4-3-5-8-15/h3-5,7-8,10-11,14H,6,9,12-13H2,1-2H3,(H,26,27)(H3,25,28,29,30,31). The van der Waals surface area contributed by atoms with E-state index in [2.05, 4.69) is 56.3 Å². The Morgan fingerprint density at radius 2 is 1.84 bits per heavy atom. The van der Waals surface area contributed by atoms with Gasteiger partial charge in [-0.2, -0.15) is 5.10 Å². The van der Waals surface area contributed by atoms with Crippen LogP contribution in [0.2, 0.25) is 0 Å². The first-order valence-electron chi connectivity index (χ1n) is 10.7. The number of nitrogen functional groups attached to an aromatic ring is 1. The molecule has 162 valence electrons. The summed E-state index contributed by atoms with van der Waals surface area (Å²) in [6.45, 7) is 0.978. The average molecular weight is 427 g/mol. The third kappa shape index (κ3) is 4.04. The molecule has 0 amide bonds. The van der Waals surface area contributed by atoms with Crippen molar-refractivity contribution in [3.05, 3.63) is 65.7 Å². The highest BCUT2D eigenvalue weighted by atomic mass is 15.2. The molecule has 8 heteroatoms. The van der Waals surface area contributed by atoms with Gasteiger partial charge in [0.2, 0.25) is 0 Å². The Morgan fingerprint density at radius 1 is 1.00 bits per heavy atom. The Hall–Kier alpha value is -3.78. The van der Waals surface area contributed by atoms with Crippen molar-refractivity contribution in [1.82, 2.24) is 35.0 Å². The van der Waals surface area contributed by atoms with Crippen molar-refractivity contribution in [2.75, 3.05) is 26.4 Å². The number of fused-ring (bicyclic) bond motifs is 2. The molecule has 3 heterocycles. The molecule has 0 radical (unpaired) electrons. The summed E-state index contributed by atoms with van der Waals surface area (Å²) in [5.74, 6) is 2.12. The number of H-pyrrole nitrogens is 2. The maximum absolute atomic E-state index is 6.33. The molecular weight excluding hydrogens is 400 g/mol. The topological polar surface area (TPSA) is 112 Å². The summed E-state index contributed by atoms with van der Waals surface area (Å²) in [4.78, 5) is 19.5. The highest BCUT2D eigenvalue weighted by Crippen LogP contribution is 2.30. The van der Waals surface area contributed by atoms with Gasteiger partial charge >= 0.3 is 0 Å². The molecule has 3 aromatic heterocycles. The van der Waals surface area contributed by atoms with Gasteiger partial charge in [0.25, 0.3) is 0 Å². The van der Waals surface area contributed by atoms with Crippen molar-refractivity contribution < 1.29 is 0 Å². The molecule has 0 unspecified atom stereocenters. The van der Waals surface area contributed by atoms with Gasteiger partial charge in [-0.1, -0.05) is 36.4 Å². The van der Waals surface area contributed by atoms with Crippen LogP contribution in [0.15, 0.2) is 48.5 Å². The van der Waals surface area contributed by atoms with Gasteiger partial charge in [0.15, 0.2) is 5.65 Å². The Balaban J connectivity index is 1.44. The molecule has 0 aliphatic rings. The second kappa shape index (κ2) is 8.39. The summed E-state index contributed by atoms with van der Waals surface area (Å²) in [7, 11) is 4.11. The van der Waals surface area contributed by atoms with Crippen LogP contribution in [0.1, 0.15) is 23.6 Å². The van der Waals surface area contributed by atoms with Gasteiger partial charge in [0.05, 0.1) is 16.4 Å². The van der Waals surface area contributed by atoms with Crippen LogP contribution in [0.4, 0.5) is 5.82 Å². The number of nitrogens with one attached hydrogen (secondary N) is 2. The van der Waals surface area contributed by atoms with E-state index in [1.54, 1.807) is 0 Å². The number of hydrogen-bond donors (Lipinski definition) is 3. The second-order valence-corrected chi connectivity index (χ2v) is 8.31. The number of nitrogens with zero attached hydrogens (tertiary/aromatic N) is 5. The molecule has 0 saturated heterocycles. The summed E-state index contributed by atoms with van der Waals surface area (Å²) in [6.07, 6.45) is 2.50. The van der Waals surface area contributed by atoms with Crippen molar-refractivity contribution in [3.8, 4) is 11.3 Å². The monoisotopic (exact) mass is 426 g/mol. The lowest BCUT2D eigenvalue weighted by molar-refractivity contribution is 0.399. The van der Waals surface area contributed by atoms with E-state index in [0.29, 0.717) is 11.5 Å². The number of hydrogen-bond acceptors (Lipinski definition) is 6. The maximum atomic E-state index is 6.33. The van der Waals surface area contributed by atoms with Crippen LogP contribution in [0.3, 0.4) is 0 Å². The second-order valence-electron chi connectivity index (χ2n) is 8.31. The van der Waals surface area contributed by atoms with Crippen molar-refractivity contribution in [3.63, 3.8) is 0 Å². The predicted molar refractivity (Wildman–Crippen MR) is 127 cm³/mol. The van der Waals surface area contributed by atoms with Gasteiger partial charge in [0.1, 0.15) is 23.2 Å². The number of imidazole rings is 1. The van der Waals surface area contributed by atoms with Crippen LogP contribution in [0, 0.1) is 0 Å². The summed E-state index contributed by atoms with van der Waals surface area (Å²) >= 11 is 0. The molecule has 4 N–H and O–H groups in total. The number of aromatic nitrogens is 6. The van der Waals surface area contributed by atoms with Gasteiger partial charge in [0, 0.05) is 18.4 Å². The third-order valence-corrected chi connectivity index (χ3v) is 5.52. The van der Waals surface area contributed by atoms with E-state index in [4.69, 9.17) is 10.7 Å². The molecule has 0 aliphatic heterocycles. The number of anilines is 1. The molecular formula is C24H26N8. The van der Waals surface area contributed by atoms with E-state index in [-0.39, 0.29) is 0 Å². The van der Waals surface area contributed by atoms with Crippen LogP contribution in [-0.2, 0) is 12.8 Å². The van der Waals surface area contributed by atoms with E-state index >= 15 is 0 Å². The van der Waals surface area contributed by atoms with Crippen molar-refractivity contribution in [1.29, 1.82) is 0 Å². The number of aryl methyl sites for hydroxylation is 1. The third-order valence-electron chi connectivity index (χ3n) is 5.52. The van der Waals surface area contributed by atoms with Crippen molar-refractivity contribution in [2.24, 2.45) is 0 Å². The first kappa shape index (κ1) is 20.1. The highest BCUT2D eigenvalue weighted by molar-refractivity contribution is 5.99. The summed E-state index contributed by atoms with van der Waals surface area (Å²) in [6, 6.07) is 16.4. The lowest BCUT2D eigenvalue weighted by Crippen LogP contribution is -2.14. The predicted octanol–water partition coefficient (Wildman–Crippen LogP) is 3.56. The van der Waals surface area contributed by atoms with E-state index in [1.807, 2.05) is 36.4 Å². The van der Waals surface area contributed by atoms with Crippen LogP contribution < -0.4 is 5.73 Å². The van der Waals surface area contributed by atoms with Gasteiger partial charge in [-0.25, -0.2) is 15.0 Å². The maximum Gasteiger partial charge on any atom is 0.161 e. The number of nitrogens with two attached hydrogens (primary N) is 1. The zero-order valence-electron chi connectivity index (χ0n) is 18.3. The Kier molecular flexibility index (Phi) is 5.28. The Morgan fingerprint density at radius 3 is 2.66 bits per heavy atom. The summed E-state index contributed by atoms with van der Waals surface area (Å²) in [5, 5.41) is 8.29. The Labute approximate surface area is 185 Å². The van der Waals surface area contributed by atoms with Gasteiger partial charge in [-0.15, -0.1) is 0 Å². The van der Waals surface area contributed by atoms with Crippen molar-refractivity contribution >= 4 is 27.9 Å². The molecule has 0 aliphatic carbocycles. The first-order chi connectivity index (χ1) is 15.6. The van der Waals surface area contributed by atoms with Crippen LogP contribution in [0.25, 0.3) is 33.3 Å². The molecule has 0 spiro atoms. The van der Waals surface area contributed by atoms with Crippen LogP contribution in [-0.4, -0.2) is 55.7 Å². The molecule has 5 rings (SSSR count). The zero-order chi connectivity index (χ0) is 22.1. The molecule has 0 saturated carbocycles. The quantitative estimate of drug-likeness (QED) is 0.367. The molecule has 5 aromatic rings. The summed E-state index contributed by atoms with van der Waals surface area (Å²) < 4.78 is 0. The SMILES string of the molecule is CN(C)CCCc1nc(N)c2c(-c3ccc4[nH]c(Cc5ccccc5)nc4c3)n[nH]c2n1. The van der Waals surface area contributed by atoms with E-state index in [9.17, 15) is 0 Å². The van der Waals surface area contributed by atoms with E-state index in [0.717, 1.165) is 65.1 Å². The van der Waals surface area contributed by atoms with Gasteiger partial charge in [-0.3, -0.25) is 5.10 Å². The fraction of sp³-hybridized carbons (Fsp3) is 0.250. The average Bonchev–Trinajstić information content (AvgIpc) is 3.37. The fourth-order valence-corrected chi connectivity index (χ4v) is 3.96. The normalized spacial score (nSPS) is 11.7. The summed E-state index contributed by atoms with van der Waals surface area (Å²) in [5.41, 5.74) is 11.8. The van der Waals surface area contributed by atoms with Crippen LogP contribution in [0.5, 0.6) is 0 Å². The van der Waals surface area contributed by atoms with E-state index in [1.165, 1.54) is 5.56 Å². The zero-order valence-corrected chi connectivity index (χ0v) is 18.3. The van der Waals surface area contributed by atoms with Gasteiger partial charge < -0.3 is 15.6 Å². The highest BCUT2D eigenvalue weighted by Gasteiger charge is 2.16. The van der Waals surface area contributed by atoms with Crippen molar-refractivity contribution in [2.45, 2.75) is 19.3 Å². The number of aromatic amines is 2. The fourth-order valence-electron chi connectivity index (χ4n) is 3.96. The minimum atomic E-state index is 0.450.